The van der Waals surface area contributed by atoms with Crippen molar-refractivity contribution in [1.82, 2.24) is 10.3 Å². The van der Waals surface area contributed by atoms with Crippen molar-refractivity contribution in [3.05, 3.63) is 52.3 Å². The zero-order valence-electron chi connectivity index (χ0n) is 9.78. The number of nitrogens with one attached hydrogen (secondary N) is 1. The Kier molecular flexibility index (Phi) is 4.42. The third-order valence-corrected chi connectivity index (χ3v) is 3.09. The molecule has 0 aliphatic carbocycles. The third-order valence-electron chi connectivity index (χ3n) is 2.29. The lowest BCUT2D eigenvalue weighted by Crippen LogP contribution is -2.06. The average Bonchev–Trinajstić information content (AvgIpc) is 2.36. The summed E-state index contributed by atoms with van der Waals surface area (Å²) in [4.78, 5) is 4.21. The van der Waals surface area contributed by atoms with Crippen LogP contribution in [0.15, 0.2) is 36.5 Å². The lowest BCUT2D eigenvalue weighted by atomic mass is 10.3. The second-order valence-electron chi connectivity index (χ2n) is 3.67. The van der Waals surface area contributed by atoms with Gasteiger partial charge < -0.3 is 10.1 Å². The summed E-state index contributed by atoms with van der Waals surface area (Å²) in [6, 6.07) is 8.91. The van der Waals surface area contributed by atoms with E-state index in [-0.39, 0.29) is 0 Å². The number of pyridine rings is 1. The summed E-state index contributed by atoms with van der Waals surface area (Å²) in [5.74, 6) is 1.21. The lowest BCUT2D eigenvalue weighted by molar-refractivity contribution is 0.481. The fraction of sp³-hybridized carbons (Fsp3) is 0.154. The Bertz CT molecular complexity index is 546. The van der Waals surface area contributed by atoms with Crippen molar-refractivity contribution < 1.29 is 4.74 Å². The molecular weight excluding hydrogens is 271 g/mol. The smallest absolute Gasteiger partial charge is 0.147 e. The van der Waals surface area contributed by atoms with Crippen LogP contribution < -0.4 is 10.1 Å². The van der Waals surface area contributed by atoms with Crippen LogP contribution in [0.1, 0.15) is 5.69 Å². The Balaban J connectivity index is 2.23. The first-order valence-corrected chi connectivity index (χ1v) is 6.17. The molecule has 3 nitrogen and oxygen atoms in total. The average molecular weight is 283 g/mol. The highest BCUT2D eigenvalue weighted by molar-refractivity contribution is 6.42. The van der Waals surface area contributed by atoms with Gasteiger partial charge in [-0.1, -0.05) is 29.3 Å². The van der Waals surface area contributed by atoms with E-state index in [4.69, 9.17) is 27.9 Å². The van der Waals surface area contributed by atoms with Crippen LogP contribution >= 0.6 is 23.2 Å². The van der Waals surface area contributed by atoms with Gasteiger partial charge in [0.1, 0.15) is 16.5 Å². The fourth-order valence-electron chi connectivity index (χ4n) is 1.49. The van der Waals surface area contributed by atoms with Crippen molar-refractivity contribution in [2.24, 2.45) is 0 Å². The summed E-state index contributed by atoms with van der Waals surface area (Å²) in [6.07, 6.45) is 1.69. The number of rotatable bonds is 4. The molecule has 0 atom stereocenters. The Labute approximate surface area is 116 Å². The number of benzene rings is 1. The highest BCUT2D eigenvalue weighted by atomic mass is 35.5. The summed E-state index contributed by atoms with van der Waals surface area (Å²) in [5, 5.41) is 3.91. The van der Waals surface area contributed by atoms with E-state index in [2.05, 4.69) is 10.3 Å². The quantitative estimate of drug-likeness (QED) is 0.924. The number of halogens is 2. The Hall–Kier alpha value is -1.29. The van der Waals surface area contributed by atoms with Gasteiger partial charge in [0.05, 0.1) is 10.7 Å². The van der Waals surface area contributed by atoms with E-state index in [0.717, 1.165) is 5.69 Å². The van der Waals surface area contributed by atoms with Crippen molar-refractivity contribution in [3.63, 3.8) is 0 Å². The second kappa shape index (κ2) is 6.05. The molecule has 2 rings (SSSR count). The zero-order valence-corrected chi connectivity index (χ0v) is 11.3. The predicted octanol–water partition coefficient (Wildman–Crippen LogP) is 3.90. The van der Waals surface area contributed by atoms with Gasteiger partial charge in [0.2, 0.25) is 0 Å². The van der Waals surface area contributed by atoms with Crippen LogP contribution in [0.25, 0.3) is 0 Å². The van der Waals surface area contributed by atoms with Crippen molar-refractivity contribution in [1.29, 1.82) is 0 Å². The summed E-state index contributed by atoms with van der Waals surface area (Å²) >= 11 is 12.0. The van der Waals surface area contributed by atoms with Gasteiger partial charge in [-0.15, -0.1) is 0 Å². The first-order valence-electron chi connectivity index (χ1n) is 5.42. The van der Waals surface area contributed by atoms with Gasteiger partial charge in [0.25, 0.3) is 0 Å². The molecule has 1 aromatic heterocycles. The standard InChI is InChI=1S/C13H12Cl2N2O/c1-16-8-9-7-10(5-6-17-9)18-12-4-2-3-11(14)13(12)15/h2-7,16H,8H2,1H3. The van der Waals surface area contributed by atoms with Crippen LogP contribution in [0.4, 0.5) is 0 Å². The summed E-state index contributed by atoms with van der Waals surface area (Å²) in [5.41, 5.74) is 0.896. The van der Waals surface area contributed by atoms with Crippen molar-refractivity contribution >= 4 is 23.2 Å². The van der Waals surface area contributed by atoms with E-state index in [1.54, 1.807) is 30.5 Å². The second-order valence-corrected chi connectivity index (χ2v) is 4.45. The number of aromatic nitrogens is 1. The molecule has 0 unspecified atom stereocenters. The van der Waals surface area contributed by atoms with Gasteiger partial charge in [-0.05, 0) is 25.2 Å². The maximum Gasteiger partial charge on any atom is 0.147 e. The summed E-state index contributed by atoms with van der Waals surface area (Å²) < 4.78 is 5.69. The molecule has 1 N–H and O–H groups in total. The third kappa shape index (κ3) is 3.13. The molecule has 0 saturated heterocycles. The molecule has 1 aromatic carbocycles. The van der Waals surface area contributed by atoms with Gasteiger partial charge in [-0.3, -0.25) is 4.98 Å². The van der Waals surface area contributed by atoms with Crippen LogP contribution in [0.3, 0.4) is 0 Å². The van der Waals surface area contributed by atoms with Crippen LogP contribution in [-0.2, 0) is 6.54 Å². The molecule has 0 radical (unpaired) electrons. The zero-order chi connectivity index (χ0) is 13.0. The van der Waals surface area contributed by atoms with E-state index >= 15 is 0 Å². The summed E-state index contributed by atoms with van der Waals surface area (Å²) in [7, 11) is 1.86. The Morgan fingerprint density at radius 3 is 2.89 bits per heavy atom. The number of nitrogens with zero attached hydrogens (tertiary/aromatic N) is 1. The maximum atomic E-state index is 6.06. The molecule has 0 amide bonds. The molecule has 2 aromatic rings. The molecule has 1 heterocycles. The van der Waals surface area contributed by atoms with Crippen molar-refractivity contribution in [2.45, 2.75) is 6.54 Å². The molecule has 0 aliphatic rings. The minimum absolute atomic E-state index is 0.408. The number of hydrogen-bond acceptors (Lipinski definition) is 3. The van der Waals surface area contributed by atoms with Gasteiger partial charge in [0, 0.05) is 18.8 Å². The first kappa shape index (κ1) is 13.1. The molecule has 0 bridgehead atoms. The van der Waals surface area contributed by atoms with E-state index in [1.807, 2.05) is 13.1 Å². The first-order chi connectivity index (χ1) is 8.70. The van der Waals surface area contributed by atoms with Crippen molar-refractivity contribution in [3.8, 4) is 11.5 Å². The maximum absolute atomic E-state index is 6.06. The fourth-order valence-corrected chi connectivity index (χ4v) is 1.82. The van der Waals surface area contributed by atoms with Gasteiger partial charge in [0.15, 0.2) is 0 Å². The minimum Gasteiger partial charge on any atom is -0.456 e. The van der Waals surface area contributed by atoms with Crippen LogP contribution in [-0.4, -0.2) is 12.0 Å². The molecule has 5 heteroatoms. The number of ether oxygens (including phenoxy) is 1. The Morgan fingerprint density at radius 2 is 2.11 bits per heavy atom. The molecule has 0 fully saturated rings. The number of hydrogen-bond donors (Lipinski definition) is 1. The lowest BCUT2D eigenvalue weighted by Gasteiger charge is -2.09. The van der Waals surface area contributed by atoms with E-state index in [0.29, 0.717) is 28.1 Å². The van der Waals surface area contributed by atoms with E-state index in [1.165, 1.54) is 0 Å². The molecule has 0 saturated carbocycles. The molecule has 0 aliphatic heterocycles. The molecule has 18 heavy (non-hydrogen) atoms. The Morgan fingerprint density at radius 1 is 1.28 bits per heavy atom. The van der Waals surface area contributed by atoms with Crippen LogP contribution in [0.5, 0.6) is 11.5 Å². The molecular formula is C13H12Cl2N2O. The van der Waals surface area contributed by atoms with Gasteiger partial charge in [-0.2, -0.15) is 0 Å². The van der Waals surface area contributed by atoms with E-state index < -0.39 is 0 Å². The highest BCUT2D eigenvalue weighted by Gasteiger charge is 2.07. The molecule has 94 valence electrons. The summed E-state index contributed by atoms with van der Waals surface area (Å²) in [6.45, 7) is 0.681. The van der Waals surface area contributed by atoms with Crippen molar-refractivity contribution in [2.75, 3.05) is 7.05 Å². The van der Waals surface area contributed by atoms with Gasteiger partial charge in [-0.25, -0.2) is 0 Å². The largest absolute Gasteiger partial charge is 0.456 e. The molecule has 0 spiro atoms. The topological polar surface area (TPSA) is 34.1 Å². The normalized spacial score (nSPS) is 10.4. The van der Waals surface area contributed by atoms with Gasteiger partial charge >= 0.3 is 0 Å². The SMILES string of the molecule is CNCc1cc(Oc2cccc(Cl)c2Cl)ccn1. The minimum atomic E-state index is 0.408. The predicted molar refractivity (Wildman–Crippen MR) is 73.5 cm³/mol. The van der Waals surface area contributed by atoms with Crippen LogP contribution in [0.2, 0.25) is 10.0 Å². The monoisotopic (exact) mass is 282 g/mol. The highest BCUT2D eigenvalue weighted by Crippen LogP contribution is 2.34. The van der Waals surface area contributed by atoms with E-state index in [9.17, 15) is 0 Å². The van der Waals surface area contributed by atoms with Crippen LogP contribution in [0, 0.1) is 0 Å².